The van der Waals surface area contributed by atoms with Crippen LogP contribution in [0.5, 0.6) is 0 Å². The van der Waals surface area contributed by atoms with Gasteiger partial charge in [-0.1, -0.05) is 6.08 Å². The fourth-order valence-electron chi connectivity index (χ4n) is 1.67. The molecule has 100 valence electrons. The lowest BCUT2D eigenvalue weighted by atomic mass is 10.2. The van der Waals surface area contributed by atoms with Crippen molar-refractivity contribution in [2.45, 2.75) is 33.7 Å². The predicted octanol–water partition coefficient (Wildman–Crippen LogP) is 2.53. The van der Waals surface area contributed by atoms with Crippen LogP contribution in [0.25, 0.3) is 0 Å². The fourth-order valence-corrected chi connectivity index (χ4v) is 2.63. The summed E-state index contributed by atoms with van der Waals surface area (Å²) in [7, 11) is 1.39. The first-order valence-electron chi connectivity index (χ1n) is 5.88. The summed E-state index contributed by atoms with van der Waals surface area (Å²) in [6, 6.07) is 0.234. The third-order valence-electron chi connectivity index (χ3n) is 2.67. The van der Waals surface area contributed by atoms with E-state index in [0.29, 0.717) is 12.1 Å². The molecule has 0 aliphatic carbocycles. The van der Waals surface area contributed by atoms with E-state index in [-0.39, 0.29) is 12.0 Å². The topological polar surface area (TPSA) is 51.2 Å². The molecule has 0 aliphatic rings. The van der Waals surface area contributed by atoms with Crippen LogP contribution < -0.4 is 5.32 Å². The van der Waals surface area contributed by atoms with Crippen molar-refractivity contribution in [2.24, 2.45) is 0 Å². The average molecular weight is 268 g/mol. The number of aromatic nitrogens is 1. The van der Waals surface area contributed by atoms with E-state index in [9.17, 15) is 4.79 Å². The summed E-state index contributed by atoms with van der Waals surface area (Å²) in [6.07, 6.45) is 1.84. The number of nitrogens with zero attached hydrogens (tertiary/aromatic N) is 1. The second-order valence-corrected chi connectivity index (χ2v) is 5.43. The summed E-state index contributed by atoms with van der Waals surface area (Å²) in [4.78, 5) is 16.8. The number of carbonyl (C=O) groups excluding carboxylic acids is 1. The number of methoxy groups -OCH3 is 1. The molecule has 0 radical (unpaired) electrons. The Morgan fingerprint density at radius 3 is 2.72 bits per heavy atom. The zero-order chi connectivity index (χ0) is 13.7. The number of esters is 1. The maximum atomic E-state index is 11.2. The minimum Gasteiger partial charge on any atom is -0.466 e. The second kappa shape index (κ2) is 6.66. The van der Waals surface area contributed by atoms with E-state index in [1.807, 2.05) is 19.9 Å². The van der Waals surface area contributed by atoms with Gasteiger partial charge in [0.25, 0.3) is 0 Å². The number of nitrogens with one attached hydrogen (secondary N) is 1. The van der Waals surface area contributed by atoms with Gasteiger partial charge in [-0.05, 0) is 27.7 Å². The molecular formula is C13H20N2O2S. The first-order valence-corrected chi connectivity index (χ1v) is 6.69. The van der Waals surface area contributed by atoms with Gasteiger partial charge in [0.05, 0.1) is 17.8 Å². The highest BCUT2D eigenvalue weighted by Gasteiger charge is 2.11. The molecule has 0 spiro atoms. The summed E-state index contributed by atoms with van der Waals surface area (Å²) >= 11 is 1.71. The number of ether oxygens (including phenoxy) is 1. The van der Waals surface area contributed by atoms with Gasteiger partial charge in [-0.3, -0.25) is 0 Å². The van der Waals surface area contributed by atoms with E-state index in [2.05, 4.69) is 22.0 Å². The number of rotatable bonds is 5. The zero-order valence-electron chi connectivity index (χ0n) is 11.5. The Balaban J connectivity index is 2.54. The minimum absolute atomic E-state index is 0.234. The van der Waals surface area contributed by atoms with Crippen LogP contribution >= 0.6 is 11.3 Å². The molecule has 1 rings (SSSR count). The molecule has 18 heavy (non-hydrogen) atoms. The molecule has 5 heteroatoms. The Morgan fingerprint density at radius 2 is 2.22 bits per heavy atom. The van der Waals surface area contributed by atoms with Crippen LogP contribution in [-0.4, -0.2) is 24.6 Å². The van der Waals surface area contributed by atoms with Crippen LogP contribution in [0.1, 0.15) is 35.5 Å². The van der Waals surface area contributed by atoms with Gasteiger partial charge in [-0.15, -0.1) is 11.3 Å². The van der Waals surface area contributed by atoms with Gasteiger partial charge in [-0.25, -0.2) is 9.78 Å². The summed E-state index contributed by atoms with van der Waals surface area (Å²) < 4.78 is 4.63. The zero-order valence-corrected chi connectivity index (χ0v) is 12.4. The molecule has 0 saturated heterocycles. The van der Waals surface area contributed by atoms with Crippen molar-refractivity contribution in [1.29, 1.82) is 0 Å². The summed E-state index contributed by atoms with van der Waals surface area (Å²) in [5.41, 5.74) is 1.69. The van der Waals surface area contributed by atoms with Gasteiger partial charge in [0.2, 0.25) is 0 Å². The molecule has 0 amide bonds. The van der Waals surface area contributed by atoms with Crippen molar-refractivity contribution >= 4 is 17.3 Å². The smallest absolute Gasteiger partial charge is 0.333 e. The number of hydrogen-bond acceptors (Lipinski definition) is 5. The third kappa shape index (κ3) is 3.92. The van der Waals surface area contributed by atoms with Crippen LogP contribution in [0, 0.1) is 13.8 Å². The van der Waals surface area contributed by atoms with E-state index in [1.54, 1.807) is 18.3 Å². The van der Waals surface area contributed by atoms with Crippen molar-refractivity contribution in [1.82, 2.24) is 10.3 Å². The number of hydrogen-bond donors (Lipinski definition) is 1. The lowest BCUT2D eigenvalue weighted by Gasteiger charge is -2.11. The van der Waals surface area contributed by atoms with Crippen molar-refractivity contribution < 1.29 is 9.53 Å². The van der Waals surface area contributed by atoms with Crippen LogP contribution in [0.2, 0.25) is 0 Å². The van der Waals surface area contributed by atoms with Gasteiger partial charge in [0.1, 0.15) is 0 Å². The molecule has 1 aromatic rings. The SMILES string of the molecule is COC(=O)C(C)=CCNC(C)c1sc(C)nc1C. The van der Waals surface area contributed by atoms with Crippen LogP contribution in [0.15, 0.2) is 11.6 Å². The average Bonchev–Trinajstić information content (AvgIpc) is 2.67. The summed E-state index contributed by atoms with van der Waals surface area (Å²) in [5.74, 6) is -0.283. The highest BCUT2D eigenvalue weighted by Crippen LogP contribution is 2.24. The highest BCUT2D eigenvalue weighted by atomic mass is 32.1. The molecule has 1 atom stereocenters. The fraction of sp³-hybridized carbons (Fsp3) is 0.538. The Bertz CT molecular complexity index is 452. The Labute approximate surface area is 112 Å². The maximum absolute atomic E-state index is 11.2. The molecule has 1 heterocycles. The Hall–Kier alpha value is -1.20. The number of carbonyl (C=O) groups is 1. The summed E-state index contributed by atoms with van der Waals surface area (Å²) in [5, 5.41) is 4.43. The molecule has 4 nitrogen and oxygen atoms in total. The standard InChI is InChI=1S/C13H20N2O2S/c1-8(13(16)17-5)6-7-14-9(2)12-10(3)15-11(4)18-12/h6,9,14H,7H2,1-5H3. The largest absolute Gasteiger partial charge is 0.466 e. The van der Waals surface area contributed by atoms with Crippen molar-refractivity contribution in [2.75, 3.05) is 13.7 Å². The first-order chi connectivity index (χ1) is 8.45. The second-order valence-electron chi connectivity index (χ2n) is 4.19. The quantitative estimate of drug-likeness (QED) is 0.658. The Kier molecular flexibility index (Phi) is 5.50. The lowest BCUT2D eigenvalue weighted by molar-refractivity contribution is -0.136. The van der Waals surface area contributed by atoms with Gasteiger partial charge in [0.15, 0.2) is 0 Å². The molecule has 1 unspecified atom stereocenters. The van der Waals surface area contributed by atoms with Crippen LogP contribution in [0.4, 0.5) is 0 Å². The van der Waals surface area contributed by atoms with Gasteiger partial charge >= 0.3 is 5.97 Å². The molecule has 0 aromatic carbocycles. The van der Waals surface area contributed by atoms with Gasteiger partial charge in [0, 0.05) is 23.0 Å². The maximum Gasteiger partial charge on any atom is 0.333 e. The van der Waals surface area contributed by atoms with Crippen molar-refractivity contribution in [3.8, 4) is 0 Å². The van der Waals surface area contributed by atoms with E-state index in [0.717, 1.165) is 10.7 Å². The number of thiazole rings is 1. The van der Waals surface area contributed by atoms with Crippen molar-refractivity contribution in [3.63, 3.8) is 0 Å². The highest BCUT2D eigenvalue weighted by molar-refractivity contribution is 7.11. The summed E-state index contributed by atoms with van der Waals surface area (Å²) in [6.45, 7) is 8.52. The Morgan fingerprint density at radius 1 is 1.56 bits per heavy atom. The molecule has 0 aliphatic heterocycles. The van der Waals surface area contributed by atoms with E-state index < -0.39 is 0 Å². The first kappa shape index (κ1) is 14.9. The third-order valence-corrected chi connectivity index (χ3v) is 3.93. The molecule has 1 aromatic heterocycles. The monoisotopic (exact) mass is 268 g/mol. The number of aryl methyl sites for hydroxylation is 2. The minimum atomic E-state index is -0.283. The normalized spacial score (nSPS) is 13.5. The van der Waals surface area contributed by atoms with Crippen LogP contribution in [-0.2, 0) is 9.53 Å². The molecule has 1 N–H and O–H groups in total. The molecule has 0 fully saturated rings. The van der Waals surface area contributed by atoms with E-state index >= 15 is 0 Å². The molecular weight excluding hydrogens is 248 g/mol. The van der Waals surface area contributed by atoms with Gasteiger partial charge in [-0.2, -0.15) is 0 Å². The van der Waals surface area contributed by atoms with Gasteiger partial charge < -0.3 is 10.1 Å². The molecule has 0 bridgehead atoms. The van der Waals surface area contributed by atoms with Crippen LogP contribution in [0.3, 0.4) is 0 Å². The van der Waals surface area contributed by atoms with E-state index in [4.69, 9.17) is 0 Å². The van der Waals surface area contributed by atoms with E-state index in [1.165, 1.54) is 12.0 Å². The predicted molar refractivity (Wildman–Crippen MR) is 73.8 cm³/mol. The lowest BCUT2D eigenvalue weighted by Crippen LogP contribution is -2.19. The van der Waals surface area contributed by atoms with Crippen molar-refractivity contribution in [3.05, 3.63) is 27.2 Å². The molecule has 0 saturated carbocycles.